The summed E-state index contributed by atoms with van der Waals surface area (Å²) in [5.41, 5.74) is 1.65. The van der Waals surface area contributed by atoms with E-state index in [1.807, 2.05) is 34.7 Å². The Bertz CT molecular complexity index is 958. The Balaban J connectivity index is 1.78. The molecule has 0 amide bonds. The molecule has 4 atom stereocenters. The first-order valence-electron chi connectivity index (χ1n) is 11.0. The van der Waals surface area contributed by atoms with Gasteiger partial charge in [-0.3, -0.25) is 4.99 Å². The van der Waals surface area contributed by atoms with E-state index in [-0.39, 0.29) is 22.2 Å². The van der Waals surface area contributed by atoms with Crippen LogP contribution >= 0.6 is 45.2 Å². The molecule has 1 aliphatic carbocycles. The molecule has 0 aliphatic heterocycles. The Morgan fingerprint density at radius 1 is 1.22 bits per heavy atom. The van der Waals surface area contributed by atoms with Crippen LogP contribution in [0.15, 0.2) is 52.6 Å². The third-order valence-corrected chi connectivity index (χ3v) is 7.22. The monoisotopic (exact) mass is 737 g/mol. The molecule has 36 heavy (non-hydrogen) atoms. The van der Waals surface area contributed by atoms with Crippen molar-refractivity contribution >= 4 is 57.4 Å². The predicted octanol–water partition coefficient (Wildman–Crippen LogP) is 5.33. The number of aliphatic hydroxyl groups is 1. The number of hydrogen-bond donors (Lipinski definition) is 2. The van der Waals surface area contributed by atoms with Crippen molar-refractivity contribution in [1.82, 2.24) is 0 Å². The number of carbonyl (C=O) groups is 1. The zero-order valence-corrected chi connectivity index (χ0v) is 24.0. The number of rotatable bonds is 13. The van der Waals surface area contributed by atoms with E-state index in [0.29, 0.717) is 37.4 Å². The molecule has 1 aliphatic rings. The van der Waals surface area contributed by atoms with Crippen molar-refractivity contribution in [2.24, 2.45) is 10.9 Å². The van der Waals surface area contributed by atoms with Gasteiger partial charge >= 0.3 is 12.3 Å². The molecule has 3 unspecified atom stereocenters. The largest absolute Gasteiger partial charge is 0.573 e. The van der Waals surface area contributed by atoms with Gasteiger partial charge in [-0.15, -0.1) is 13.2 Å². The van der Waals surface area contributed by atoms with Gasteiger partial charge in [0.25, 0.3) is 0 Å². The van der Waals surface area contributed by atoms with E-state index >= 15 is 0 Å². The van der Waals surface area contributed by atoms with Crippen molar-refractivity contribution in [2.75, 3.05) is 26.4 Å². The number of allylic oxidation sites excluding steroid dienone is 3. The third-order valence-electron chi connectivity index (χ3n) is 5.22. The highest BCUT2D eigenvalue weighted by Crippen LogP contribution is 2.31. The number of aliphatic carboxylic acids is 1. The lowest BCUT2D eigenvalue weighted by Gasteiger charge is -2.26. The zero-order valence-electron chi connectivity index (χ0n) is 19.7. The van der Waals surface area contributed by atoms with Gasteiger partial charge in [-0.05, 0) is 78.3 Å². The van der Waals surface area contributed by atoms with Gasteiger partial charge in [0.15, 0.2) is 0 Å². The van der Waals surface area contributed by atoms with E-state index in [1.54, 1.807) is 13.8 Å². The Kier molecular flexibility index (Phi) is 12.1. The number of alkyl halides is 5. The average Bonchev–Trinajstić information content (AvgIpc) is 2.76. The Labute approximate surface area is 235 Å². The molecule has 2 N–H and O–H groups in total. The molecule has 2 rings (SSSR count). The first-order valence-corrected chi connectivity index (χ1v) is 13.3. The van der Waals surface area contributed by atoms with Crippen molar-refractivity contribution < 1.29 is 42.4 Å². The lowest BCUT2D eigenvalue weighted by atomic mass is 9.88. The molecule has 7 nitrogen and oxygen atoms in total. The molecule has 0 bridgehead atoms. The summed E-state index contributed by atoms with van der Waals surface area (Å²) in [5.74, 6) is -1.49. The van der Waals surface area contributed by atoms with Gasteiger partial charge in [-0.2, -0.15) is 0 Å². The van der Waals surface area contributed by atoms with Crippen LogP contribution < -0.4 is 4.74 Å². The summed E-state index contributed by atoms with van der Waals surface area (Å²) in [6.07, 6.45) is 1.06. The van der Waals surface area contributed by atoms with E-state index in [4.69, 9.17) is 9.47 Å². The third kappa shape index (κ3) is 10.6. The van der Waals surface area contributed by atoms with Crippen molar-refractivity contribution in [3.05, 3.63) is 53.1 Å². The molecular weight excluding hydrogens is 709 g/mol. The number of carboxylic acid groups (broad SMARTS) is 1. The maximum atomic E-state index is 12.3. The van der Waals surface area contributed by atoms with Gasteiger partial charge < -0.3 is 24.4 Å². The normalized spacial score (nSPS) is 21.0. The topological polar surface area (TPSA) is 97.6 Å². The van der Waals surface area contributed by atoms with Gasteiger partial charge in [0.1, 0.15) is 15.4 Å². The summed E-state index contributed by atoms with van der Waals surface area (Å²) < 4.78 is 50.9. The van der Waals surface area contributed by atoms with E-state index < -0.39 is 22.0 Å². The fourth-order valence-electron chi connectivity index (χ4n) is 3.35. The van der Waals surface area contributed by atoms with Gasteiger partial charge in [0.2, 0.25) is 0 Å². The fraction of sp³-hybridized carbons (Fsp3) is 0.500. The molecule has 1 aromatic rings. The number of halogens is 5. The minimum Gasteiger partial charge on any atom is -0.478 e. The number of aliphatic imine (C=N–C) groups is 1. The van der Waals surface area contributed by atoms with Crippen LogP contribution in [0.2, 0.25) is 0 Å². The van der Waals surface area contributed by atoms with Crippen LogP contribution in [0.4, 0.5) is 13.2 Å². The van der Waals surface area contributed by atoms with Crippen LogP contribution in [-0.4, -0.2) is 68.8 Å². The Morgan fingerprint density at radius 3 is 2.44 bits per heavy atom. The summed E-state index contributed by atoms with van der Waals surface area (Å²) in [5, 5.41) is 19.9. The number of carboxylic acids is 1. The molecular formula is C24H28F3I2NO6. The average molecular weight is 737 g/mol. The van der Waals surface area contributed by atoms with Crippen molar-refractivity contribution in [1.29, 1.82) is 0 Å². The lowest BCUT2D eigenvalue weighted by molar-refractivity contribution is -0.274. The van der Waals surface area contributed by atoms with Gasteiger partial charge in [-0.1, -0.05) is 34.7 Å². The second kappa shape index (κ2) is 14.1. The molecule has 0 saturated heterocycles. The summed E-state index contributed by atoms with van der Waals surface area (Å²) in [4.78, 5) is 15.9. The number of ether oxygens (including phenoxy) is 3. The maximum absolute atomic E-state index is 12.3. The molecule has 0 aromatic heterocycles. The standard InChI is InChI=1S/C24H28F3I2NO6/c1-15-4-9-19(28)18(21(15)22(31)32)13-34-10-3-11-35-14-20(23(2,29)33)30-12-16-5-7-17(8-6-16)36-24(25,26)27/h4-9,12,18-20,33H,3,10-11,13-14H2,1-2H3,(H,31,32)/b30-12+/t18?,19?,20?,23-/m1/s1. The number of hydrogen-bond acceptors (Lipinski definition) is 6. The molecule has 0 heterocycles. The molecule has 1 aromatic carbocycles. The Hall–Kier alpha value is -1.23. The second-order valence-electron chi connectivity index (χ2n) is 8.25. The fourth-order valence-corrected chi connectivity index (χ4v) is 4.46. The molecule has 0 spiro atoms. The summed E-state index contributed by atoms with van der Waals surface area (Å²) in [7, 11) is 0. The van der Waals surface area contributed by atoms with Crippen LogP contribution in [0.25, 0.3) is 0 Å². The Morgan fingerprint density at radius 2 is 1.86 bits per heavy atom. The first-order chi connectivity index (χ1) is 16.8. The van der Waals surface area contributed by atoms with Crippen LogP contribution in [0, 0.1) is 5.92 Å². The molecule has 0 saturated carbocycles. The highest BCUT2D eigenvalue weighted by Gasteiger charge is 2.32. The van der Waals surface area contributed by atoms with Crippen LogP contribution in [0.1, 0.15) is 25.8 Å². The van der Waals surface area contributed by atoms with E-state index in [1.165, 1.54) is 30.5 Å². The van der Waals surface area contributed by atoms with Crippen LogP contribution in [0.5, 0.6) is 5.75 Å². The van der Waals surface area contributed by atoms with E-state index in [0.717, 1.165) is 5.57 Å². The highest BCUT2D eigenvalue weighted by atomic mass is 127. The quantitative estimate of drug-likeness (QED) is 0.123. The number of benzene rings is 1. The number of nitrogens with zero attached hydrogens (tertiary/aromatic N) is 1. The summed E-state index contributed by atoms with van der Waals surface area (Å²) in [6, 6.07) is 4.60. The van der Waals surface area contributed by atoms with Crippen molar-refractivity contribution in [3.63, 3.8) is 0 Å². The van der Waals surface area contributed by atoms with Gasteiger partial charge in [0.05, 0.1) is 13.2 Å². The molecule has 12 heteroatoms. The maximum Gasteiger partial charge on any atom is 0.573 e. The minimum absolute atomic E-state index is 0.0338. The van der Waals surface area contributed by atoms with Gasteiger partial charge in [-0.25, -0.2) is 4.79 Å². The highest BCUT2D eigenvalue weighted by molar-refractivity contribution is 14.1. The minimum atomic E-state index is -4.76. The summed E-state index contributed by atoms with van der Waals surface area (Å²) >= 11 is 4.05. The molecule has 0 fully saturated rings. The lowest BCUT2D eigenvalue weighted by Crippen LogP contribution is -2.35. The van der Waals surface area contributed by atoms with Crippen molar-refractivity contribution in [3.8, 4) is 5.75 Å². The smallest absolute Gasteiger partial charge is 0.478 e. The van der Waals surface area contributed by atoms with Crippen LogP contribution in [0.3, 0.4) is 0 Å². The van der Waals surface area contributed by atoms with E-state index in [9.17, 15) is 28.2 Å². The first kappa shape index (κ1) is 31.0. The second-order valence-corrected chi connectivity index (χ2v) is 11.9. The SMILES string of the molecule is CC1=C(C(=O)O)C(COCCCOCC(/N=C/c2ccc(OC(F)(F)F)cc2)[C@@](C)(O)I)C(I)C=C1. The zero-order chi connectivity index (χ0) is 26.9. The summed E-state index contributed by atoms with van der Waals surface area (Å²) in [6.45, 7) is 4.51. The van der Waals surface area contributed by atoms with Crippen LogP contribution in [-0.2, 0) is 14.3 Å². The molecule has 0 radical (unpaired) electrons. The van der Waals surface area contributed by atoms with Gasteiger partial charge in [0, 0.05) is 34.8 Å². The molecule has 200 valence electrons. The van der Waals surface area contributed by atoms with Crippen molar-refractivity contribution in [2.45, 2.75) is 40.2 Å². The van der Waals surface area contributed by atoms with E-state index in [2.05, 4.69) is 32.3 Å². The predicted molar refractivity (Wildman–Crippen MR) is 146 cm³/mol.